The van der Waals surface area contributed by atoms with Gasteiger partial charge in [0.1, 0.15) is 6.10 Å². The number of esters is 1. The number of aliphatic hydroxyl groups is 2. The second kappa shape index (κ2) is 48.1. The first-order valence-corrected chi connectivity index (χ1v) is 26.2. The topological polar surface area (TPSA) is 95.9 Å². The number of rotatable bonds is 47. The highest BCUT2D eigenvalue weighted by molar-refractivity contribution is 5.77. The fourth-order valence-corrected chi connectivity index (χ4v) is 7.97. The third-order valence-corrected chi connectivity index (χ3v) is 12.0. The highest BCUT2D eigenvalue weighted by Gasteiger charge is 2.24. The zero-order valence-electron chi connectivity index (χ0n) is 40.1. The highest BCUT2D eigenvalue weighted by Crippen LogP contribution is 2.18. The molecule has 352 valence electrons. The van der Waals surface area contributed by atoms with E-state index >= 15 is 0 Å². The SMILES string of the molecule is CCCCC/C=C\C/C=C\C/C=C\CCCCCCC(CC(=O)NC(CO)C(O)CCCCCCCCCCC)OC(=O)CCCCCCCCCCCCCCCCC. The second-order valence-electron chi connectivity index (χ2n) is 17.9. The van der Waals surface area contributed by atoms with Crippen molar-refractivity contribution in [2.75, 3.05) is 6.61 Å². The Bertz CT molecular complexity index is 993. The first kappa shape index (κ1) is 58.1. The number of carbonyl (C=O) groups is 2. The van der Waals surface area contributed by atoms with Gasteiger partial charge in [-0.25, -0.2) is 0 Å². The molecule has 3 atom stereocenters. The van der Waals surface area contributed by atoms with E-state index in [0.29, 0.717) is 19.3 Å². The van der Waals surface area contributed by atoms with Crippen molar-refractivity contribution in [3.05, 3.63) is 36.5 Å². The average molecular weight is 844 g/mol. The van der Waals surface area contributed by atoms with Gasteiger partial charge in [0.15, 0.2) is 0 Å². The summed E-state index contributed by atoms with van der Waals surface area (Å²) in [5.41, 5.74) is 0. The van der Waals surface area contributed by atoms with Gasteiger partial charge < -0.3 is 20.3 Å². The number of aliphatic hydroxyl groups excluding tert-OH is 2. The number of unbranched alkanes of at least 4 members (excludes halogenated alkanes) is 29. The predicted molar refractivity (Wildman–Crippen MR) is 259 cm³/mol. The van der Waals surface area contributed by atoms with Crippen molar-refractivity contribution in [2.45, 2.75) is 289 Å². The van der Waals surface area contributed by atoms with Gasteiger partial charge in [0.25, 0.3) is 0 Å². The lowest BCUT2D eigenvalue weighted by molar-refractivity contribution is -0.151. The Morgan fingerprint density at radius 3 is 1.32 bits per heavy atom. The third kappa shape index (κ3) is 42.8. The van der Waals surface area contributed by atoms with Gasteiger partial charge in [0.2, 0.25) is 5.91 Å². The van der Waals surface area contributed by atoms with Gasteiger partial charge in [-0.15, -0.1) is 0 Å². The van der Waals surface area contributed by atoms with Crippen molar-refractivity contribution >= 4 is 11.9 Å². The van der Waals surface area contributed by atoms with Crippen LogP contribution in [0.15, 0.2) is 36.5 Å². The average Bonchev–Trinajstić information content (AvgIpc) is 3.24. The Hall–Kier alpha value is -1.92. The van der Waals surface area contributed by atoms with Crippen LogP contribution in [0.5, 0.6) is 0 Å². The molecule has 0 aromatic rings. The van der Waals surface area contributed by atoms with Crippen LogP contribution in [0, 0.1) is 0 Å². The van der Waals surface area contributed by atoms with Crippen LogP contribution in [0.2, 0.25) is 0 Å². The van der Waals surface area contributed by atoms with E-state index in [9.17, 15) is 19.8 Å². The molecule has 3 N–H and O–H groups in total. The minimum absolute atomic E-state index is 0.0662. The number of amides is 1. The normalized spacial score (nSPS) is 13.5. The lowest BCUT2D eigenvalue weighted by Crippen LogP contribution is -2.46. The molecule has 0 aromatic carbocycles. The Morgan fingerprint density at radius 2 is 0.850 bits per heavy atom. The van der Waals surface area contributed by atoms with Crippen molar-refractivity contribution < 1.29 is 24.5 Å². The first-order chi connectivity index (χ1) is 29.5. The van der Waals surface area contributed by atoms with Crippen molar-refractivity contribution in [1.82, 2.24) is 5.32 Å². The lowest BCUT2D eigenvalue weighted by Gasteiger charge is -2.24. The van der Waals surface area contributed by atoms with E-state index in [4.69, 9.17) is 4.74 Å². The molecule has 6 nitrogen and oxygen atoms in total. The number of allylic oxidation sites excluding steroid dienone is 6. The molecular weight excluding hydrogens is 743 g/mol. The molecule has 0 aromatic heterocycles. The summed E-state index contributed by atoms with van der Waals surface area (Å²) in [6.45, 7) is 6.44. The summed E-state index contributed by atoms with van der Waals surface area (Å²) < 4.78 is 5.93. The van der Waals surface area contributed by atoms with Gasteiger partial charge >= 0.3 is 5.97 Å². The zero-order valence-corrected chi connectivity index (χ0v) is 40.1. The molecule has 60 heavy (non-hydrogen) atoms. The molecule has 0 rings (SSSR count). The molecule has 0 bridgehead atoms. The van der Waals surface area contributed by atoms with Gasteiger partial charge in [-0.2, -0.15) is 0 Å². The van der Waals surface area contributed by atoms with Gasteiger partial charge in [-0.3, -0.25) is 9.59 Å². The molecular formula is C54H101NO5. The summed E-state index contributed by atoms with van der Waals surface area (Å²) in [5, 5.41) is 23.7. The molecule has 0 saturated carbocycles. The lowest BCUT2D eigenvalue weighted by atomic mass is 10.0. The van der Waals surface area contributed by atoms with E-state index < -0.39 is 18.2 Å². The molecule has 0 fully saturated rings. The number of ether oxygens (including phenoxy) is 1. The third-order valence-electron chi connectivity index (χ3n) is 12.0. The van der Waals surface area contributed by atoms with Crippen LogP contribution in [0.25, 0.3) is 0 Å². The Balaban J connectivity index is 4.60. The predicted octanol–water partition coefficient (Wildman–Crippen LogP) is 15.7. The maximum Gasteiger partial charge on any atom is 0.306 e. The van der Waals surface area contributed by atoms with Crippen LogP contribution in [-0.4, -0.2) is 46.9 Å². The first-order valence-electron chi connectivity index (χ1n) is 26.2. The molecule has 0 saturated heterocycles. The Kier molecular flexibility index (Phi) is 46.6. The van der Waals surface area contributed by atoms with Gasteiger partial charge in [-0.05, 0) is 64.2 Å². The van der Waals surface area contributed by atoms with E-state index in [1.807, 2.05) is 0 Å². The molecule has 0 aliphatic heterocycles. The van der Waals surface area contributed by atoms with Crippen molar-refractivity contribution in [3.8, 4) is 0 Å². The monoisotopic (exact) mass is 844 g/mol. The number of hydrogen-bond acceptors (Lipinski definition) is 5. The van der Waals surface area contributed by atoms with Gasteiger partial charge in [0, 0.05) is 6.42 Å². The summed E-state index contributed by atoms with van der Waals surface area (Å²) in [7, 11) is 0. The molecule has 0 spiro atoms. The molecule has 6 heteroatoms. The van der Waals surface area contributed by atoms with E-state index in [1.165, 1.54) is 141 Å². The molecule has 0 heterocycles. The minimum atomic E-state index is -0.790. The Labute approximate surface area is 373 Å². The summed E-state index contributed by atoms with van der Waals surface area (Å²) in [4.78, 5) is 26.1. The van der Waals surface area contributed by atoms with Crippen molar-refractivity contribution in [3.63, 3.8) is 0 Å². The summed E-state index contributed by atoms with van der Waals surface area (Å²) in [6.07, 6.45) is 56.3. The molecule has 0 aliphatic carbocycles. The highest BCUT2D eigenvalue weighted by atomic mass is 16.5. The van der Waals surface area contributed by atoms with Crippen LogP contribution in [0.1, 0.15) is 271 Å². The number of nitrogens with one attached hydrogen (secondary N) is 1. The zero-order chi connectivity index (χ0) is 43.8. The fraction of sp³-hybridized carbons (Fsp3) is 0.852. The fourth-order valence-electron chi connectivity index (χ4n) is 7.97. The molecule has 0 radical (unpaired) electrons. The number of hydrogen-bond donors (Lipinski definition) is 3. The van der Waals surface area contributed by atoms with E-state index in [0.717, 1.165) is 83.5 Å². The van der Waals surface area contributed by atoms with Gasteiger partial charge in [-0.1, -0.05) is 231 Å². The summed E-state index contributed by atoms with van der Waals surface area (Å²) in [5.74, 6) is -0.485. The Morgan fingerprint density at radius 1 is 0.483 bits per heavy atom. The molecule has 1 amide bonds. The van der Waals surface area contributed by atoms with Crippen LogP contribution < -0.4 is 5.32 Å². The van der Waals surface area contributed by atoms with Gasteiger partial charge in [0.05, 0.1) is 25.2 Å². The largest absolute Gasteiger partial charge is 0.462 e. The summed E-state index contributed by atoms with van der Waals surface area (Å²) >= 11 is 0. The standard InChI is InChI=1S/C54H101NO5/c1-4-7-10-13-16-19-21-23-25-26-28-29-31-34-36-39-42-45-50(48-53(58)55-51(49-56)52(57)46-43-40-37-33-18-15-12-9-6-3)60-54(59)47-44-41-38-35-32-30-27-24-22-20-17-14-11-8-5-2/h16,19,23,25,28-29,50-52,56-57H,4-15,17-18,20-22,24,26-27,30-49H2,1-3H3,(H,55,58)/b19-16-,25-23-,29-28-. The van der Waals surface area contributed by atoms with Crippen LogP contribution in [0.3, 0.4) is 0 Å². The van der Waals surface area contributed by atoms with Crippen molar-refractivity contribution in [1.29, 1.82) is 0 Å². The van der Waals surface area contributed by atoms with Crippen LogP contribution >= 0.6 is 0 Å². The molecule has 3 unspecified atom stereocenters. The van der Waals surface area contributed by atoms with Crippen molar-refractivity contribution in [2.24, 2.45) is 0 Å². The van der Waals surface area contributed by atoms with Crippen LogP contribution in [-0.2, 0) is 14.3 Å². The number of carbonyl (C=O) groups excluding carboxylic acids is 2. The van der Waals surface area contributed by atoms with E-state index in [1.54, 1.807) is 0 Å². The summed E-state index contributed by atoms with van der Waals surface area (Å²) in [6, 6.07) is -0.705. The van der Waals surface area contributed by atoms with E-state index in [2.05, 4.69) is 62.5 Å². The quantitative estimate of drug-likeness (QED) is 0.0322. The minimum Gasteiger partial charge on any atom is -0.462 e. The maximum atomic E-state index is 13.2. The van der Waals surface area contributed by atoms with E-state index in [-0.39, 0.29) is 24.9 Å². The second-order valence-corrected chi connectivity index (χ2v) is 17.9. The smallest absolute Gasteiger partial charge is 0.306 e. The van der Waals surface area contributed by atoms with Crippen LogP contribution in [0.4, 0.5) is 0 Å². The molecule has 0 aliphatic rings. The maximum absolute atomic E-state index is 13.2.